The van der Waals surface area contributed by atoms with Crippen LogP contribution in [0.15, 0.2) is 24.3 Å². The fraction of sp³-hybridized carbons (Fsp3) is 0.667. The van der Waals surface area contributed by atoms with Crippen LogP contribution in [0.3, 0.4) is 0 Å². The average molecular weight is 452 g/mol. The Morgan fingerprint density at radius 1 is 1.19 bits per heavy atom. The Balaban J connectivity index is 2.20. The van der Waals surface area contributed by atoms with E-state index in [1.807, 2.05) is 60.6 Å². The Bertz CT molecular complexity index is 801. The third kappa shape index (κ3) is 5.41. The molecule has 1 aliphatic rings. The van der Waals surface area contributed by atoms with Gasteiger partial charge in [0.1, 0.15) is 6.04 Å². The summed E-state index contributed by atoms with van der Waals surface area (Å²) in [7, 11) is 0. The summed E-state index contributed by atoms with van der Waals surface area (Å²) in [5.74, 6) is -0.562. The van der Waals surface area contributed by atoms with E-state index < -0.39 is 28.5 Å². The zero-order valence-corrected chi connectivity index (χ0v) is 20.6. The molecule has 4 N–H and O–H groups in total. The SMILES string of the molecule is CC(C)[C@@H](NC(=O)[C@@H](N)C(C)(C)C)C(=O)N1CC[C@](O)(c2ccc(Cl)cc2)C(C)(C)C1. The van der Waals surface area contributed by atoms with E-state index in [0.29, 0.717) is 24.5 Å². The van der Waals surface area contributed by atoms with Crippen molar-refractivity contribution in [1.82, 2.24) is 10.2 Å². The number of amides is 2. The number of piperidine rings is 1. The quantitative estimate of drug-likeness (QED) is 0.640. The van der Waals surface area contributed by atoms with Gasteiger partial charge >= 0.3 is 0 Å². The Labute approximate surface area is 191 Å². The van der Waals surface area contributed by atoms with Gasteiger partial charge in [-0.25, -0.2) is 0 Å². The largest absolute Gasteiger partial charge is 0.384 e. The number of rotatable bonds is 5. The summed E-state index contributed by atoms with van der Waals surface area (Å²) in [5, 5.41) is 15.0. The van der Waals surface area contributed by atoms with E-state index in [2.05, 4.69) is 5.32 Å². The Morgan fingerprint density at radius 3 is 2.19 bits per heavy atom. The Hall–Kier alpha value is -1.63. The standard InChI is InChI=1S/C24H38ClN3O3/c1-15(2)18(27-20(29)19(26)22(3,4)5)21(30)28-13-12-24(31,23(6,7)14-28)16-8-10-17(25)11-9-16/h8-11,15,18-19,31H,12-14,26H2,1-7H3,(H,27,29)/t18-,19-,24+/m1/s1. The predicted molar refractivity (Wildman–Crippen MR) is 125 cm³/mol. The minimum Gasteiger partial charge on any atom is -0.384 e. The fourth-order valence-electron chi connectivity index (χ4n) is 4.12. The van der Waals surface area contributed by atoms with E-state index in [1.165, 1.54) is 0 Å². The Morgan fingerprint density at radius 2 is 1.74 bits per heavy atom. The van der Waals surface area contributed by atoms with E-state index in [4.69, 9.17) is 17.3 Å². The molecule has 0 aliphatic carbocycles. The van der Waals surface area contributed by atoms with E-state index in [-0.39, 0.29) is 17.7 Å². The molecule has 2 rings (SSSR count). The zero-order chi connectivity index (χ0) is 23.8. The van der Waals surface area contributed by atoms with Crippen molar-refractivity contribution in [2.75, 3.05) is 13.1 Å². The van der Waals surface area contributed by atoms with Crippen LogP contribution in [0.1, 0.15) is 60.5 Å². The average Bonchev–Trinajstić information content (AvgIpc) is 2.66. The second kappa shape index (κ2) is 9.08. The summed E-state index contributed by atoms with van der Waals surface area (Å²) in [6, 6.07) is 5.84. The van der Waals surface area contributed by atoms with Crippen LogP contribution in [0.5, 0.6) is 0 Å². The van der Waals surface area contributed by atoms with E-state index in [9.17, 15) is 14.7 Å². The van der Waals surface area contributed by atoms with Crippen molar-refractivity contribution < 1.29 is 14.7 Å². The highest BCUT2D eigenvalue weighted by Gasteiger charge is 2.50. The van der Waals surface area contributed by atoms with Crippen molar-refractivity contribution in [1.29, 1.82) is 0 Å². The van der Waals surface area contributed by atoms with Crippen molar-refractivity contribution in [2.45, 2.75) is 72.6 Å². The van der Waals surface area contributed by atoms with Gasteiger partial charge < -0.3 is 21.1 Å². The molecule has 3 atom stereocenters. The molecule has 1 heterocycles. The van der Waals surface area contributed by atoms with Crippen LogP contribution in [0.2, 0.25) is 5.02 Å². The van der Waals surface area contributed by atoms with Gasteiger partial charge in [0.05, 0.1) is 11.6 Å². The molecule has 0 saturated carbocycles. The molecular formula is C24H38ClN3O3. The highest BCUT2D eigenvalue weighted by molar-refractivity contribution is 6.30. The van der Waals surface area contributed by atoms with E-state index >= 15 is 0 Å². The van der Waals surface area contributed by atoms with Gasteiger partial charge in [-0.05, 0) is 35.4 Å². The molecule has 0 unspecified atom stereocenters. The first-order valence-corrected chi connectivity index (χ1v) is 11.3. The van der Waals surface area contributed by atoms with Crippen LogP contribution < -0.4 is 11.1 Å². The molecule has 1 saturated heterocycles. The first-order valence-electron chi connectivity index (χ1n) is 10.9. The first kappa shape index (κ1) is 25.6. The van der Waals surface area contributed by atoms with Crippen molar-refractivity contribution in [3.05, 3.63) is 34.9 Å². The van der Waals surface area contributed by atoms with Gasteiger partial charge in [0.25, 0.3) is 0 Å². The molecule has 174 valence electrons. The molecule has 6 nitrogen and oxygen atoms in total. The molecule has 0 bridgehead atoms. The summed E-state index contributed by atoms with van der Waals surface area (Å²) in [5.41, 5.74) is 4.80. The molecular weight excluding hydrogens is 414 g/mol. The highest BCUT2D eigenvalue weighted by atomic mass is 35.5. The highest BCUT2D eigenvalue weighted by Crippen LogP contribution is 2.46. The second-order valence-electron chi connectivity index (χ2n) is 10.8. The lowest BCUT2D eigenvalue weighted by Gasteiger charge is -2.51. The van der Waals surface area contributed by atoms with Crippen LogP contribution in [0, 0.1) is 16.7 Å². The van der Waals surface area contributed by atoms with Gasteiger partial charge in [-0.2, -0.15) is 0 Å². The molecule has 0 radical (unpaired) electrons. The van der Waals surface area contributed by atoms with Crippen LogP contribution in [0.4, 0.5) is 0 Å². The summed E-state index contributed by atoms with van der Waals surface area (Å²) in [4.78, 5) is 27.8. The molecule has 0 spiro atoms. The zero-order valence-electron chi connectivity index (χ0n) is 19.8. The van der Waals surface area contributed by atoms with Crippen molar-refractivity contribution in [3.63, 3.8) is 0 Å². The molecule has 1 aromatic rings. The molecule has 7 heteroatoms. The number of likely N-dealkylation sites (tertiary alicyclic amines) is 1. The monoisotopic (exact) mass is 451 g/mol. The number of halogens is 1. The van der Waals surface area contributed by atoms with Crippen LogP contribution in [-0.4, -0.2) is 47.0 Å². The van der Waals surface area contributed by atoms with Crippen LogP contribution in [0.25, 0.3) is 0 Å². The van der Waals surface area contributed by atoms with Gasteiger partial charge in [0.2, 0.25) is 11.8 Å². The maximum atomic E-state index is 13.4. The van der Waals surface area contributed by atoms with E-state index in [0.717, 1.165) is 5.56 Å². The number of benzene rings is 1. The smallest absolute Gasteiger partial charge is 0.245 e. The van der Waals surface area contributed by atoms with Crippen molar-refractivity contribution in [2.24, 2.45) is 22.5 Å². The maximum absolute atomic E-state index is 13.4. The lowest BCUT2D eigenvalue weighted by Crippen LogP contribution is -2.62. The van der Waals surface area contributed by atoms with E-state index in [1.54, 1.807) is 17.0 Å². The number of hydrogen-bond donors (Lipinski definition) is 3. The molecule has 1 fully saturated rings. The first-order chi connectivity index (χ1) is 14.1. The minimum atomic E-state index is -1.08. The van der Waals surface area contributed by atoms with Crippen LogP contribution >= 0.6 is 11.6 Å². The van der Waals surface area contributed by atoms with Gasteiger partial charge in [0, 0.05) is 23.5 Å². The summed E-state index contributed by atoms with van der Waals surface area (Å²) in [6.07, 6.45) is 0.396. The molecule has 1 aliphatic heterocycles. The lowest BCUT2D eigenvalue weighted by molar-refractivity contribution is -0.157. The van der Waals surface area contributed by atoms with Gasteiger partial charge in [-0.15, -0.1) is 0 Å². The number of nitrogens with one attached hydrogen (secondary N) is 1. The minimum absolute atomic E-state index is 0.0937. The van der Waals surface area contributed by atoms with Crippen LogP contribution in [-0.2, 0) is 15.2 Å². The number of aliphatic hydroxyl groups is 1. The normalized spacial score (nSPS) is 23.4. The lowest BCUT2D eigenvalue weighted by atomic mass is 9.66. The van der Waals surface area contributed by atoms with Gasteiger partial charge in [0.15, 0.2) is 0 Å². The number of nitrogens with two attached hydrogens (primary N) is 1. The molecule has 2 amide bonds. The van der Waals surface area contributed by atoms with Gasteiger partial charge in [-0.3, -0.25) is 9.59 Å². The summed E-state index contributed by atoms with van der Waals surface area (Å²) < 4.78 is 0. The summed E-state index contributed by atoms with van der Waals surface area (Å²) >= 11 is 6.01. The molecule has 31 heavy (non-hydrogen) atoms. The van der Waals surface area contributed by atoms with Crippen molar-refractivity contribution >= 4 is 23.4 Å². The van der Waals surface area contributed by atoms with Crippen molar-refractivity contribution in [3.8, 4) is 0 Å². The second-order valence-corrected chi connectivity index (χ2v) is 11.3. The third-order valence-electron chi connectivity index (χ3n) is 6.53. The third-order valence-corrected chi connectivity index (χ3v) is 6.78. The van der Waals surface area contributed by atoms with Gasteiger partial charge in [-0.1, -0.05) is 72.2 Å². The fourth-order valence-corrected chi connectivity index (χ4v) is 4.24. The number of carbonyl (C=O) groups is 2. The number of nitrogens with zero attached hydrogens (tertiary/aromatic N) is 1. The summed E-state index contributed by atoms with van der Waals surface area (Å²) in [6.45, 7) is 14.2. The number of carbonyl (C=O) groups excluding carboxylic acids is 2. The molecule has 0 aromatic heterocycles. The maximum Gasteiger partial charge on any atom is 0.245 e. The molecule has 1 aromatic carbocycles. The number of hydrogen-bond acceptors (Lipinski definition) is 4. The topological polar surface area (TPSA) is 95.7 Å². The predicted octanol–water partition coefficient (Wildman–Crippen LogP) is 3.30. The Kier molecular flexibility index (Phi) is 7.51.